The van der Waals surface area contributed by atoms with Crippen LogP contribution in [-0.2, 0) is 20.9 Å². The van der Waals surface area contributed by atoms with Crippen LogP contribution < -0.4 is 4.90 Å². The van der Waals surface area contributed by atoms with E-state index in [1.165, 1.54) is 17.0 Å². The molecular weight excluding hydrogens is 465 g/mol. The largest absolute Gasteiger partial charge is 0.481 e. The molecule has 2 atom stereocenters. The first kappa shape index (κ1) is 23.7. The van der Waals surface area contributed by atoms with E-state index in [9.17, 15) is 23.6 Å². The van der Waals surface area contributed by atoms with Gasteiger partial charge in [0.1, 0.15) is 11.9 Å². The first-order chi connectivity index (χ1) is 16.3. The van der Waals surface area contributed by atoms with E-state index in [-0.39, 0.29) is 49.0 Å². The van der Waals surface area contributed by atoms with Crippen molar-refractivity contribution < 1.29 is 28.7 Å². The van der Waals surface area contributed by atoms with Crippen molar-refractivity contribution in [1.29, 1.82) is 0 Å². The molecule has 0 spiro atoms. The van der Waals surface area contributed by atoms with Gasteiger partial charge in [-0.05, 0) is 36.6 Å². The third kappa shape index (κ3) is 4.61. The molecule has 4 rings (SSSR count). The lowest BCUT2D eigenvalue weighted by Crippen LogP contribution is -2.66. The second-order valence-corrected chi connectivity index (χ2v) is 8.71. The molecule has 0 radical (unpaired) electrons. The average Bonchev–Trinajstić information content (AvgIpc) is 3.25. The van der Waals surface area contributed by atoms with Gasteiger partial charge in [-0.1, -0.05) is 41.9 Å². The summed E-state index contributed by atoms with van der Waals surface area (Å²) in [5, 5.41) is 8.63. The molecule has 2 aromatic rings. The van der Waals surface area contributed by atoms with Crippen LogP contribution in [-0.4, -0.2) is 57.3 Å². The number of hydrogen-bond acceptors (Lipinski definition) is 4. The Morgan fingerprint density at radius 1 is 1.09 bits per heavy atom. The normalized spacial score (nSPS) is 20.0. The van der Waals surface area contributed by atoms with E-state index < -0.39 is 35.8 Å². The molecule has 2 saturated heterocycles. The van der Waals surface area contributed by atoms with E-state index >= 15 is 0 Å². The van der Waals surface area contributed by atoms with Crippen LogP contribution in [0.2, 0.25) is 5.02 Å². The fourth-order valence-corrected chi connectivity index (χ4v) is 4.71. The summed E-state index contributed by atoms with van der Waals surface area (Å²) in [6.07, 6.45) is 0.399. The maximum atomic E-state index is 13.8. The molecule has 0 aromatic heterocycles. The zero-order chi connectivity index (χ0) is 24.4. The Bertz CT molecular complexity index is 1130. The number of carboxylic acid groups (broad SMARTS) is 1. The summed E-state index contributed by atoms with van der Waals surface area (Å²) in [4.78, 5) is 54.7. The number of imide groups is 1. The number of halogens is 2. The van der Waals surface area contributed by atoms with Crippen molar-refractivity contribution in [2.75, 3.05) is 11.4 Å². The van der Waals surface area contributed by atoms with Gasteiger partial charge in [0.05, 0.1) is 16.8 Å². The molecule has 0 unspecified atom stereocenters. The van der Waals surface area contributed by atoms with Gasteiger partial charge in [-0.15, -0.1) is 0 Å². The molecule has 0 saturated carbocycles. The van der Waals surface area contributed by atoms with Crippen molar-refractivity contribution in [3.63, 3.8) is 0 Å². The minimum atomic E-state index is -1.00. The van der Waals surface area contributed by atoms with E-state index in [4.69, 9.17) is 16.7 Å². The maximum Gasteiger partial charge on any atom is 0.332 e. The van der Waals surface area contributed by atoms with E-state index in [1.54, 1.807) is 4.90 Å². The van der Waals surface area contributed by atoms with E-state index in [2.05, 4.69) is 0 Å². The van der Waals surface area contributed by atoms with Crippen molar-refractivity contribution >= 4 is 41.1 Å². The van der Waals surface area contributed by atoms with Gasteiger partial charge in [-0.25, -0.2) is 14.1 Å². The second kappa shape index (κ2) is 9.80. The molecule has 2 aliphatic rings. The van der Waals surface area contributed by atoms with Crippen molar-refractivity contribution in [2.24, 2.45) is 0 Å². The highest BCUT2D eigenvalue weighted by atomic mass is 35.5. The van der Waals surface area contributed by atoms with Crippen LogP contribution in [0.3, 0.4) is 0 Å². The summed E-state index contributed by atoms with van der Waals surface area (Å²) < 4.78 is 13.8. The monoisotopic (exact) mass is 487 g/mol. The van der Waals surface area contributed by atoms with Gasteiger partial charge < -0.3 is 14.9 Å². The summed E-state index contributed by atoms with van der Waals surface area (Å²) >= 11 is 5.92. The van der Waals surface area contributed by atoms with Crippen LogP contribution >= 0.6 is 11.6 Å². The number of benzene rings is 2. The van der Waals surface area contributed by atoms with Crippen LogP contribution in [0.1, 0.15) is 31.2 Å². The smallest absolute Gasteiger partial charge is 0.332 e. The molecule has 0 bridgehead atoms. The average molecular weight is 488 g/mol. The van der Waals surface area contributed by atoms with Gasteiger partial charge in [0.25, 0.3) is 5.91 Å². The highest BCUT2D eigenvalue weighted by Gasteiger charge is 2.53. The Hall–Kier alpha value is -3.46. The number of nitrogens with zero attached hydrogens (tertiary/aromatic N) is 3. The van der Waals surface area contributed by atoms with Gasteiger partial charge in [-0.2, -0.15) is 0 Å². The molecule has 2 heterocycles. The van der Waals surface area contributed by atoms with Gasteiger partial charge in [0.15, 0.2) is 0 Å². The fraction of sp³-hybridized carbons (Fsp3) is 0.333. The number of hydrogen-bond donors (Lipinski definition) is 1. The van der Waals surface area contributed by atoms with E-state index in [0.717, 1.165) is 16.5 Å². The molecule has 8 nitrogen and oxygen atoms in total. The lowest BCUT2D eigenvalue weighted by molar-refractivity contribution is -0.140. The topological polar surface area (TPSA) is 98.2 Å². The molecule has 2 aliphatic heterocycles. The Morgan fingerprint density at radius 3 is 2.50 bits per heavy atom. The number of anilines is 1. The van der Waals surface area contributed by atoms with Crippen LogP contribution in [0.15, 0.2) is 48.5 Å². The number of fused-ring (bicyclic) bond motifs is 1. The minimum Gasteiger partial charge on any atom is -0.481 e. The lowest BCUT2D eigenvalue weighted by atomic mass is 10.0. The second-order valence-electron chi connectivity index (χ2n) is 8.30. The molecule has 0 aliphatic carbocycles. The van der Waals surface area contributed by atoms with E-state index in [1.807, 2.05) is 30.3 Å². The van der Waals surface area contributed by atoms with Crippen molar-refractivity contribution in [3.05, 3.63) is 64.9 Å². The number of urea groups is 1. The highest BCUT2D eigenvalue weighted by Crippen LogP contribution is 2.35. The Kier molecular flexibility index (Phi) is 6.83. The number of likely N-dealkylation sites (tertiary alicyclic amines) is 1. The summed E-state index contributed by atoms with van der Waals surface area (Å²) in [7, 11) is 0. The highest BCUT2D eigenvalue weighted by molar-refractivity contribution is 6.31. The van der Waals surface area contributed by atoms with Crippen molar-refractivity contribution in [3.8, 4) is 0 Å². The zero-order valence-corrected chi connectivity index (χ0v) is 18.9. The summed E-state index contributed by atoms with van der Waals surface area (Å²) in [5.41, 5.74) is 0.968. The Labute approximate surface area is 200 Å². The number of carboxylic acids is 1. The first-order valence-corrected chi connectivity index (χ1v) is 11.3. The molecule has 178 valence electrons. The fourth-order valence-electron chi connectivity index (χ4n) is 4.54. The number of rotatable bonds is 7. The quantitative estimate of drug-likeness (QED) is 0.642. The number of carbonyl (C=O) groups excluding carboxylic acids is 3. The summed E-state index contributed by atoms with van der Waals surface area (Å²) in [5.74, 6) is -2.61. The van der Waals surface area contributed by atoms with E-state index in [0.29, 0.717) is 6.42 Å². The van der Waals surface area contributed by atoms with Gasteiger partial charge in [-0.3, -0.25) is 14.4 Å². The van der Waals surface area contributed by atoms with Gasteiger partial charge in [0.2, 0.25) is 5.91 Å². The van der Waals surface area contributed by atoms with Crippen LogP contribution in [0.5, 0.6) is 0 Å². The van der Waals surface area contributed by atoms with Gasteiger partial charge in [0, 0.05) is 25.9 Å². The number of aliphatic carboxylic acids is 1. The van der Waals surface area contributed by atoms with Crippen molar-refractivity contribution in [2.45, 2.75) is 44.3 Å². The van der Waals surface area contributed by atoms with Crippen molar-refractivity contribution in [1.82, 2.24) is 9.80 Å². The molecule has 34 heavy (non-hydrogen) atoms. The molecular formula is C24H23ClFN3O5. The van der Waals surface area contributed by atoms with Crippen LogP contribution in [0.4, 0.5) is 14.9 Å². The molecule has 2 fully saturated rings. The molecule has 4 amide bonds. The minimum absolute atomic E-state index is 0.0161. The predicted octanol–water partition coefficient (Wildman–Crippen LogP) is 3.67. The van der Waals surface area contributed by atoms with Crippen LogP contribution in [0.25, 0.3) is 0 Å². The molecule has 2 aromatic carbocycles. The standard InChI is InChI=1S/C24H23ClFN3O5/c25-17-13-16(9-10-18(17)26)29-23(33)22-19(11-12-27(22)20(30)7-4-8-21(31)32)28(24(29)34)14-15-5-2-1-3-6-15/h1-3,5-6,9-10,13,19,22H,4,7-8,11-12,14H2,(H,31,32)/t19-,22-/m0/s1. The Morgan fingerprint density at radius 2 is 1.82 bits per heavy atom. The molecule has 1 N–H and O–H groups in total. The van der Waals surface area contributed by atoms with Gasteiger partial charge >= 0.3 is 12.0 Å². The summed E-state index contributed by atoms with van der Waals surface area (Å²) in [6, 6.07) is 10.8. The number of carbonyl (C=O) groups is 4. The molecule has 10 heteroatoms. The lowest BCUT2D eigenvalue weighted by Gasteiger charge is -2.43. The number of amides is 4. The summed E-state index contributed by atoms with van der Waals surface area (Å²) in [6.45, 7) is 0.490. The zero-order valence-electron chi connectivity index (χ0n) is 18.2. The Balaban J connectivity index is 1.67. The SMILES string of the molecule is O=C(O)CCCC(=O)N1CC[C@H]2[C@H]1C(=O)N(c1ccc(F)c(Cl)c1)C(=O)N2Cc1ccccc1. The first-order valence-electron chi connectivity index (χ1n) is 10.9. The third-order valence-electron chi connectivity index (χ3n) is 6.14. The predicted molar refractivity (Wildman–Crippen MR) is 122 cm³/mol. The third-order valence-corrected chi connectivity index (χ3v) is 6.43. The van der Waals surface area contributed by atoms with Crippen LogP contribution in [0, 0.1) is 5.82 Å². The maximum absolute atomic E-state index is 13.8.